The van der Waals surface area contributed by atoms with Crippen molar-refractivity contribution in [1.29, 1.82) is 0 Å². The Balaban J connectivity index is 0.00000304. The lowest BCUT2D eigenvalue weighted by Gasteiger charge is -2.31. The summed E-state index contributed by atoms with van der Waals surface area (Å²) >= 11 is 0. The van der Waals surface area contributed by atoms with E-state index >= 15 is 0 Å². The van der Waals surface area contributed by atoms with Crippen LogP contribution in [-0.4, -0.2) is 40.0 Å². The molecule has 0 N–H and O–H groups in total. The van der Waals surface area contributed by atoms with Gasteiger partial charge in [0.25, 0.3) is 5.91 Å². The summed E-state index contributed by atoms with van der Waals surface area (Å²) in [6.45, 7) is 12.2. The summed E-state index contributed by atoms with van der Waals surface area (Å²) in [7, 11) is 0. The smallest absolute Gasteiger partial charge is 0.272 e. The Labute approximate surface area is 220 Å². The second kappa shape index (κ2) is 10.8. The van der Waals surface area contributed by atoms with E-state index in [1.54, 1.807) is 0 Å². The van der Waals surface area contributed by atoms with Gasteiger partial charge in [0.1, 0.15) is 5.69 Å². The van der Waals surface area contributed by atoms with Crippen LogP contribution in [0, 0.1) is 13.8 Å². The van der Waals surface area contributed by atoms with Gasteiger partial charge in [-0.15, -0.1) is 12.4 Å². The van der Waals surface area contributed by atoms with Gasteiger partial charge in [-0.25, -0.2) is 4.98 Å². The average molecular weight is 503 g/mol. The maximum Gasteiger partial charge on any atom is 0.272 e. The zero-order chi connectivity index (χ0) is 24.5. The van der Waals surface area contributed by atoms with Crippen molar-refractivity contribution in [2.75, 3.05) is 24.5 Å². The molecule has 0 aliphatic carbocycles. The van der Waals surface area contributed by atoms with E-state index in [9.17, 15) is 4.79 Å². The summed E-state index contributed by atoms with van der Waals surface area (Å²) < 4.78 is 2.38. The van der Waals surface area contributed by atoms with E-state index in [-0.39, 0.29) is 18.3 Å². The summed E-state index contributed by atoms with van der Waals surface area (Å²) in [4.78, 5) is 22.7. The predicted molar refractivity (Wildman–Crippen MR) is 150 cm³/mol. The van der Waals surface area contributed by atoms with Crippen LogP contribution in [0.25, 0.3) is 10.9 Å². The van der Waals surface area contributed by atoms with Gasteiger partial charge in [-0.05, 0) is 62.4 Å². The fraction of sp³-hybridized carbons (Fsp3) is 0.333. The summed E-state index contributed by atoms with van der Waals surface area (Å²) in [5.41, 5.74) is 8.09. The Hall–Kier alpha value is -3.31. The highest BCUT2D eigenvalue weighted by Gasteiger charge is 2.26. The number of halogens is 1. The quantitative estimate of drug-likeness (QED) is 0.316. The molecule has 0 spiro atoms. The summed E-state index contributed by atoms with van der Waals surface area (Å²) in [5, 5.41) is 1.12. The highest BCUT2D eigenvalue weighted by Crippen LogP contribution is 2.35. The fourth-order valence-corrected chi connectivity index (χ4v) is 5.28. The van der Waals surface area contributed by atoms with Crippen molar-refractivity contribution < 1.29 is 4.79 Å². The number of fused-ring (bicyclic) bond motifs is 2. The van der Waals surface area contributed by atoms with Crippen LogP contribution in [0.1, 0.15) is 52.3 Å². The van der Waals surface area contributed by atoms with Gasteiger partial charge >= 0.3 is 0 Å². The van der Waals surface area contributed by atoms with Crippen molar-refractivity contribution in [1.82, 2.24) is 14.5 Å². The number of hydrogen-bond donors (Lipinski definition) is 0. The first-order valence-electron chi connectivity index (χ1n) is 12.7. The zero-order valence-electron chi connectivity index (χ0n) is 21.6. The van der Waals surface area contributed by atoms with Crippen LogP contribution in [0.5, 0.6) is 0 Å². The third-order valence-corrected chi connectivity index (χ3v) is 7.48. The van der Waals surface area contributed by atoms with Crippen LogP contribution in [0.15, 0.2) is 60.7 Å². The number of pyridine rings is 1. The molecule has 0 fully saturated rings. The number of aromatic nitrogens is 2. The second-order valence-electron chi connectivity index (χ2n) is 9.43. The zero-order valence-corrected chi connectivity index (χ0v) is 22.4. The molecule has 0 atom stereocenters. The molecule has 2 aromatic heterocycles. The van der Waals surface area contributed by atoms with Crippen LogP contribution in [0.3, 0.4) is 0 Å². The Morgan fingerprint density at radius 2 is 1.64 bits per heavy atom. The van der Waals surface area contributed by atoms with Gasteiger partial charge in [0.15, 0.2) is 5.82 Å². The first-order chi connectivity index (χ1) is 17.0. The van der Waals surface area contributed by atoms with Gasteiger partial charge in [-0.2, -0.15) is 0 Å². The third kappa shape index (κ3) is 4.60. The number of hydrogen-bond acceptors (Lipinski definition) is 3. The molecule has 36 heavy (non-hydrogen) atoms. The van der Waals surface area contributed by atoms with Gasteiger partial charge in [-0.1, -0.05) is 54.6 Å². The predicted octanol–water partition coefficient (Wildman–Crippen LogP) is 6.17. The van der Waals surface area contributed by atoms with E-state index in [0.717, 1.165) is 42.8 Å². The molecule has 6 heteroatoms. The minimum Gasteiger partial charge on any atom is -0.350 e. The molecule has 4 aromatic rings. The molecule has 1 aliphatic rings. The molecule has 0 unspecified atom stereocenters. The molecular weight excluding hydrogens is 468 g/mol. The van der Waals surface area contributed by atoms with E-state index in [1.165, 1.54) is 27.9 Å². The third-order valence-electron chi connectivity index (χ3n) is 7.48. The minimum atomic E-state index is 0. The monoisotopic (exact) mass is 502 g/mol. The number of aryl methyl sites for hydroxylation is 1. The van der Waals surface area contributed by atoms with Crippen LogP contribution in [-0.2, 0) is 19.5 Å². The van der Waals surface area contributed by atoms with Crippen molar-refractivity contribution in [3.05, 3.63) is 94.3 Å². The molecule has 2 aromatic carbocycles. The molecule has 0 saturated heterocycles. The molecule has 1 aliphatic heterocycles. The highest BCUT2D eigenvalue weighted by molar-refractivity contribution is 6.01. The lowest BCUT2D eigenvalue weighted by Crippen LogP contribution is -2.34. The van der Waals surface area contributed by atoms with Crippen LogP contribution >= 0.6 is 12.4 Å². The summed E-state index contributed by atoms with van der Waals surface area (Å²) in [6, 6.07) is 21.2. The average Bonchev–Trinajstić information content (AvgIpc) is 3.14. The largest absolute Gasteiger partial charge is 0.350 e. The highest BCUT2D eigenvalue weighted by atomic mass is 35.5. The van der Waals surface area contributed by atoms with E-state index in [2.05, 4.69) is 77.9 Å². The SMILES string of the molecule is CCN(CC)C(=O)c1cc2c(C)c(C)n(Cc3ccccc3)c2c(N2CCc3ccccc3C2)n1.Cl. The van der Waals surface area contributed by atoms with Crippen molar-refractivity contribution >= 4 is 35.0 Å². The summed E-state index contributed by atoms with van der Waals surface area (Å²) in [5.74, 6) is 0.920. The van der Waals surface area contributed by atoms with Crippen LogP contribution < -0.4 is 4.90 Å². The lowest BCUT2D eigenvalue weighted by atomic mass is 10.00. The Morgan fingerprint density at radius 3 is 2.33 bits per heavy atom. The molecule has 0 radical (unpaired) electrons. The van der Waals surface area contributed by atoms with Crippen LogP contribution in [0.4, 0.5) is 5.82 Å². The Bertz CT molecular complexity index is 1370. The van der Waals surface area contributed by atoms with Gasteiger partial charge in [-0.3, -0.25) is 4.79 Å². The first-order valence-corrected chi connectivity index (χ1v) is 12.7. The topological polar surface area (TPSA) is 41.4 Å². The minimum absolute atomic E-state index is 0. The standard InChI is InChI=1S/C30H34N4O.ClH/c1-5-32(6-2)30(35)27-18-26-21(3)22(4)34(19-23-12-8-7-9-13-23)28(26)29(31-27)33-17-16-24-14-10-11-15-25(24)20-33;/h7-15,18H,5-6,16-17,19-20H2,1-4H3;1H. The number of carbonyl (C=O) groups is 1. The molecule has 3 heterocycles. The molecule has 5 nitrogen and oxygen atoms in total. The van der Waals surface area contributed by atoms with Gasteiger partial charge in [0.2, 0.25) is 0 Å². The van der Waals surface area contributed by atoms with Gasteiger partial charge in [0, 0.05) is 43.8 Å². The number of benzene rings is 2. The van der Waals surface area contributed by atoms with Crippen molar-refractivity contribution in [2.24, 2.45) is 0 Å². The van der Waals surface area contributed by atoms with E-state index in [0.29, 0.717) is 18.8 Å². The van der Waals surface area contributed by atoms with E-state index < -0.39 is 0 Å². The van der Waals surface area contributed by atoms with E-state index in [4.69, 9.17) is 4.98 Å². The van der Waals surface area contributed by atoms with Crippen molar-refractivity contribution in [3.8, 4) is 0 Å². The van der Waals surface area contributed by atoms with Gasteiger partial charge in [0.05, 0.1) is 5.52 Å². The first kappa shape index (κ1) is 25.8. The number of amides is 1. The summed E-state index contributed by atoms with van der Waals surface area (Å²) in [6.07, 6.45) is 0.977. The molecule has 188 valence electrons. The maximum atomic E-state index is 13.4. The Kier molecular flexibility index (Phi) is 7.70. The normalized spacial score (nSPS) is 12.8. The lowest BCUT2D eigenvalue weighted by molar-refractivity contribution is 0.0767. The fourth-order valence-electron chi connectivity index (χ4n) is 5.28. The Morgan fingerprint density at radius 1 is 0.972 bits per heavy atom. The molecule has 0 saturated carbocycles. The molecule has 5 rings (SSSR count). The molecular formula is C30H35ClN4O. The van der Waals surface area contributed by atoms with Crippen molar-refractivity contribution in [3.63, 3.8) is 0 Å². The molecule has 0 bridgehead atoms. The second-order valence-corrected chi connectivity index (χ2v) is 9.43. The molecule has 1 amide bonds. The number of nitrogens with zero attached hydrogens (tertiary/aromatic N) is 4. The maximum absolute atomic E-state index is 13.4. The van der Waals surface area contributed by atoms with E-state index in [1.807, 2.05) is 24.8 Å². The van der Waals surface area contributed by atoms with Crippen LogP contribution in [0.2, 0.25) is 0 Å². The number of rotatable bonds is 6. The van der Waals surface area contributed by atoms with Gasteiger partial charge < -0.3 is 14.4 Å². The van der Waals surface area contributed by atoms with Crippen molar-refractivity contribution in [2.45, 2.75) is 47.2 Å². The number of anilines is 1. The number of carbonyl (C=O) groups excluding carboxylic acids is 1.